The van der Waals surface area contributed by atoms with E-state index in [9.17, 15) is 9.90 Å². The van der Waals surface area contributed by atoms with Crippen molar-refractivity contribution >= 4 is 5.78 Å². The predicted molar refractivity (Wildman–Crippen MR) is 52.6 cm³/mol. The highest BCUT2D eigenvalue weighted by atomic mass is 16.3. The van der Waals surface area contributed by atoms with Crippen molar-refractivity contribution in [3.8, 4) is 0 Å². The lowest BCUT2D eigenvalue weighted by atomic mass is 10.0. The van der Waals surface area contributed by atoms with Crippen LogP contribution in [0.25, 0.3) is 0 Å². The molecule has 0 spiro atoms. The van der Waals surface area contributed by atoms with Crippen LogP contribution in [0.15, 0.2) is 0 Å². The van der Waals surface area contributed by atoms with Crippen LogP contribution in [0.2, 0.25) is 0 Å². The molecule has 0 amide bonds. The summed E-state index contributed by atoms with van der Waals surface area (Å²) < 4.78 is 0. The van der Waals surface area contributed by atoms with E-state index in [2.05, 4.69) is 0 Å². The summed E-state index contributed by atoms with van der Waals surface area (Å²) in [5, 5.41) is 9.44. The van der Waals surface area contributed by atoms with Crippen molar-refractivity contribution in [3.63, 3.8) is 0 Å². The van der Waals surface area contributed by atoms with Crippen LogP contribution in [0.5, 0.6) is 0 Å². The number of carbonyl (C=O) groups is 1. The van der Waals surface area contributed by atoms with Crippen molar-refractivity contribution in [1.82, 2.24) is 0 Å². The van der Waals surface area contributed by atoms with Gasteiger partial charge >= 0.3 is 0 Å². The fourth-order valence-corrected chi connectivity index (χ4v) is 1.85. The summed E-state index contributed by atoms with van der Waals surface area (Å²) in [6.45, 7) is 0. The van der Waals surface area contributed by atoms with Gasteiger partial charge in [-0.05, 0) is 12.8 Å². The van der Waals surface area contributed by atoms with E-state index in [1.165, 1.54) is 25.7 Å². The molecule has 13 heavy (non-hydrogen) atoms. The first-order chi connectivity index (χ1) is 6.30. The van der Waals surface area contributed by atoms with Gasteiger partial charge in [0, 0.05) is 6.42 Å². The maximum Gasteiger partial charge on any atom is 0.161 e. The second-order valence-corrected chi connectivity index (χ2v) is 4.00. The maximum atomic E-state index is 11.3. The topological polar surface area (TPSA) is 37.3 Å². The second-order valence-electron chi connectivity index (χ2n) is 4.00. The normalized spacial score (nSPS) is 28.1. The van der Waals surface area contributed by atoms with Crippen molar-refractivity contribution in [2.24, 2.45) is 0 Å². The van der Waals surface area contributed by atoms with E-state index in [4.69, 9.17) is 0 Å². The Bertz CT molecular complexity index is 154. The molecule has 0 aromatic carbocycles. The third-order valence-electron chi connectivity index (χ3n) is 2.77. The number of Topliss-reactive ketones (excluding diaryl/α,β-unsaturated/α-hetero) is 1. The lowest BCUT2D eigenvalue weighted by Crippen LogP contribution is -2.19. The van der Waals surface area contributed by atoms with Crippen LogP contribution in [0.4, 0.5) is 0 Å². The Labute approximate surface area is 80.3 Å². The molecule has 1 saturated carbocycles. The van der Waals surface area contributed by atoms with E-state index < -0.39 is 6.10 Å². The molecule has 1 unspecified atom stereocenters. The highest BCUT2D eigenvalue weighted by Crippen LogP contribution is 2.14. The van der Waals surface area contributed by atoms with E-state index in [1.807, 2.05) is 0 Å². The van der Waals surface area contributed by atoms with Crippen LogP contribution in [-0.4, -0.2) is 17.0 Å². The van der Waals surface area contributed by atoms with Crippen LogP contribution in [0, 0.1) is 0 Å². The molecule has 0 aromatic heterocycles. The first-order valence-electron chi connectivity index (χ1n) is 5.51. The molecule has 1 N–H and O–H groups in total. The molecule has 0 saturated heterocycles. The van der Waals surface area contributed by atoms with Crippen molar-refractivity contribution in [1.29, 1.82) is 0 Å². The first kappa shape index (κ1) is 10.7. The Hall–Kier alpha value is -0.370. The van der Waals surface area contributed by atoms with Gasteiger partial charge in [-0.3, -0.25) is 4.79 Å². The summed E-state index contributed by atoms with van der Waals surface area (Å²) >= 11 is 0. The molecule has 0 bridgehead atoms. The van der Waals surface area contributed by atoms with Gasteiger partial charge in [0.05, 0.1) is 0 Å². The van der Waals surface area contributed by atoms with Crippen LogP contribution >= 0.6 is 0 Å². The minimum Gasteiger partial charge on any atom is -0.385 e. The van der Waals surface area contributed by atoms with Crippen molar-refractivity contribution in [2.45, 2.75) is 63.9 Å². The largest absolute Gasteiger partial charge is 0.385 e. The minimum absolute atomic E-state index is 0.0573. The molecule has 0 radical (unpaired) electrons. The van der Waals surface area contributed by atoms with Gasteiger partial charge in [-0.2, -0.15) is 0 Å². The molecular formula is C11H20O2. The summed E-state index contributed by atoms with van der Waals surface area (Å²) in [7, 11) is 0. The predicted octanol–water partition coefficient (Wildman–Crippen LogP) is 2.44. The van der Waals surface area contributed by atoms with Gasteiger partial charge in [0.25, 0.3) is 0 Å². The van der Waals surface area contributed by atoms with E-state index >= 15 is 0 Å². The summed E-state index contributed by atoms with van der Waals surface area (Å²) in [6, 6.07) is 0. The number of hydrogen-bond donors (Lipinski definition) is 1. The monoisotopic (exact) mass is 184 g/mol. The molecule has 1 atom stereocenters. The molecule has 1 aliphatic rings. The minimum atomic E-state index is -0.668. The van der Waals surface area contributed by atoms with E-state index in [0.717, 1.165) is 19.3 Å². The number of rotatable bonds is 0. The fourth-order valence-electron chi connectivity index (χ4n) is 1.85. The highest BCUT2D eigenvalue weighted by Gasteiger charge is 2.14. The van der Waals surface area contributed by atoms with Gasteiger partial charge in [-0.25, -0.2) is 0 Å². The van der Waals surface area contributed by atoms with Gasteiger partial charge in [0.1, 0.15) is 6.10 Å². The van der Waals surface area contributed by atoms with E-state index in [1.54, 1.807) is 0 Å². The van der Waals surface area contributed by atoms with E-state index in [0.29, 0.717) is 12.8 Å². The molecule has 1 aliphatic carbocycles. The maximum absolute atomic E-state index is 11.3. The van der Waals surface area contributed by atoms with Crippen LogP contribution in [0.1, 0.15) is 57.8 Å². The lowest BCUT2D eigenvalue weighted by molar-refractivity contribution is -0.127. The van der Waals surface area contributed by atoms with Crippen LogP contribution in [0.3, 0.4) is 0 Å². The molecule has 0 aliphatic heterocycles. The number of aliphatic hydroxyl groups is 1. The summed E-state index contributed by atoms with van der Waals surface area (Å²) in [4.78, 5) is 11.3. The standard InChI is InChI=1S/C11H20O2/c12-10-8-6-4-2-1-3-5-7-9-11(10)13/h10,12H,1-9H2. The Morgan fingerprint density at radius 2 is 1.46 bits per heavy atom. The number of aliphatic hydroxyl groups excluding tert-OH is 1. The number of hydrogen-bond acceptors (Lipinski definition) is 2. The van der Waals surface area contributed by atoms with Gasteiger partial charge in [-0.1, -0.05) is 38.5 Å². The third-order valence-corrected chi connectivity index (χ3v) is 2.77. The SMILES string of the molecule is O=C1CCCCCCCCCC1O. The van der Waals surface area contributed by atoms with Crippen molar-refractivity contribution in [2.75, 3.05) is 0 Å². The smallest absolute Gasteiger partial charge is 0.161 e. The fraction of sp³-hybridized carbons (Fsp3) is 0.909. The third kappa shape index (κ3) is 4.41. The van der Waals surface area contributed by atoms with Crippen molar-refractivity contribution < 1.29 is 9.90 Å². The Morgan fingerprint density at radius 3 is 2.15 bits per heavy atom. The van der Waals surface area contributed by atoms with Crippen LogP contribution < -0.4 is 0 Å². The summed E-state index contributed by atoms with van der Waals surface area (Å²) in [5.74, 6) is 0.0573. The number of ketones is 1. The first-order valence-corrected chi connectivity index (χ1v) is 5.51. The van der Waals surface area contributed by atoms with Gasteiger partial charge in [0.15, 0.2) is 5.78 Å². The average Bonchev–Trinajstić information content (AvgIpc) is 2.16. The zero-order valence-electron chi connectivity index (χ0n) is 8.30. The molecule has 0 aromatic rings. The lowest BCUT2D eigenvalue weighted by Gasteiger charge is -2.07. The molecular weight excluding hydrogens is 164 g/mol. The second kappa shape index (κ2) is 6.14. The number of carbonyl (C=O) groups excluding carboxylic acids is 1. The summed E-state index contributed by atoms with van der Waals surface area (Å²) in [5.41, 5.74) is 0. The van der Waals surface area contributed by atoms with E-state index in [-0.39, 0.29) is 5.78 Å². The van der Waals surface area contributed by atoms with Crippen molar-refractivity contribution in [3.05, 3.63) is 0 Å². The van der Waals surface area contributed by atoms with Gasteiger partial charge in [-0.15, -0.1) is 0 Å². The van der Waals surface area contributed by atoms with Crippen LogP contribution in [-0.2, 0) is 4.79 Å². The molecule has 2 heteroatoms. The molecule has 1 fully saturated rings. The quantitative estimate of drug-likeness (QED) is 0.628. The Balaban J connectivity index is 2.31. The Morgan fingerprint density at radius 1 is 0.923 bits per heavy atom. The highest BCUT2D eigenvalue weighted by molar-refractivity contribution is 5.82. The average molecular weight is 184 g/mol. The summed E-state index contributed by atoms with van der Waals surface area (Å²) in [6.07, 6.45) is 8.71. The Kier molecular flexibility index (Phi) is 5.06. The zero-order valence-corrected chi connectivity index (χ0v) is 8.30. The van der Waals surface area contributed by atoms with Gasteiger partial charge in [0.2, 0.25) is 0 Å². The molecule has 2 nitrogen and oxygen atoms in total. The molecule has 76 valence electrons. The molecule has 0 heterocycles. The van der Waals surface area contributed by atoms with Gasteiger partial charge < -0.3 is 5.11 Å². The zero-order chi connectivity index (χ0) is 9.52. The molecule has 1 rings (SSSR count).